The number of carbonyl (C=O) groups excluding carboxylic acids is 1. The van der Waals surface area contributed by atoms with Gasteiger partial charge in [-0.05, 0) is 43.7 Å². The van der Waals surface area contributed by atoms with Gasteiger partial charge in [-0.25, -0.2) is 4.98 Å². The lowest BCUT2D eigenvalue weighted by Gasteiger charge is -2.11. The van der Waals surface area contributed by atoms with Crippen LogP contribution in [-0.2, 0) is 11.3 Å². The summed E-state index contributed by atoms with van der Waals surface area (Å²) >= 11 is 0. The van der Waals surface area contributed by atoms with Gasteiger partial charge >= 0.3 is 0 Å². The van der Waals surface area contributed by atoms with Gasteiger partial charge in [-0.2, -0.15) is 0 Å². The molecule has 8 heteroatoms. The summed E-state index contributed by atoms with van der Waals surface area (Å²) in [6.45, 7) is 3.69. The molecule has 1 amide bonds. The number of carbonyl (C=O) groups is 1. The number of amides is 1. The lowest BCUT2D eigenvalue weighted by molar-refractivity contribution is -0.116. The molecule has 4 aromatic rings. The molecule has 0 atom stereocenters. The van der Waals surface area contributed by atoms with Crippen molar-refractivity contribution in [2.45, 2.75) is 20.4 Å². The highest BCUT2D eigenvalue weighted by molar-refractivity contribution is 5.91. The molecule has 4 rings (SSSR count). The fourth-order valence-corrected chi connectivity index (χ4v) is 3.76. The van der Waals surface area contributed by atoms with Crippen molar-refractivity contribution in [3.8, 4) is 17.2 Å². The summed E-state index contributed by atoms with van der Waals surface area (Å²) in [6.07, 6.45) is 1.41. The summed E-state index contributed by atoms with van der Waals surface area (Å²) < 4.78 is 13.8. The van der Waals surface area contributed by atoms with Crippen LogP contribution in [0.4, 0.5) is 5.69 Å². The Hall–Kier alpha value is -4.07. The van der Waals surface area contributed by atoms with Gasteiger partial charge in [-0.15, -0.1) is 0 Å². The molecule has 0 spiro atoms. The van der Waals surface area contributed by atoms with Crippen LogP contribution in [0.2, 0.25) is 0 Å². The van der Waals surface area contributed by atoms with Crippen LogP contribution in [0.3, 0.4) is 0 Å². The smallest absolute Gasteiger partial charge is 0.263 e. The fraction of sp³-hybridized carbons (Fsp3) is 0.208. The molecule has 8 nitrogen and oxygen atoms in total. The van der Waals surface area contributed by atoms with E-state index in [0.29, 0.717) is 28.2 Å². The summed E-state index contributed by atoms with van der Waals surface area (Å²) in [5.41, 5.74) is 3.57. The number of ether oxygens (including phenoxy) is 2. The monoisotopic (exact) mass is 432 g/mol. The molecule has 0 aliphatic carbocycles. The van der Waals surface area contributed by atoms with Gasteiger partial charge in [0.1, 0.15) is 12.9 Å². The van der Waals surface area contributed by atoms with E-state index in [2.05, 4.69) is 10.3 Å². The van der Waals surface area contributed by atoms with E-state index >= 15 is 0 Å². The second kappa shape index (κ2) is 8.58. The van der Waals surface area contributed by atoms with Gasteiger partial charge in [0.2, 0.25) is 5.91 Å². The number of anilines is 1. The highest BCUT2D eigenvalue weighted by Gasteiger charge is 2.18. The molecule has 0 radical (unpaired) electrons. The molecule has 0 bridgehead atoms. The van der Waals surface area contributed by atoms with Crippen molar-refractivity contribution in [3.63, 3.8) is 0 Å². The molecule has 164 valence electrons. The zero-order chi connectivity index (χ0) is 22.8. The number of nitrogens with zero attached hydrogens (tertiary/aromatic N) is 3. The fourth-order valence-electron chi connectivity index (χ4n) is 3.76. The molecule has 0 fully saturated rings. The van der Waals surface area contributed by atoms with Crippen LogP contribution in [0.25, 0.3) is 16.7 Å². The second-order valence-corrected chi connectivity index (χ2v) is 7.38. The number of aryl methyl sites for hydroxylation is 1. The minimum absolute atomic E-state index is 0.162. The van der Waals surface area contributed by atoms with Gasteiger partial charge < -0.3 is 14.8 Å². The maximum atomic E-state index is 13.2. The Bertz CT molecular complexity index is 1360. The molecule has 0 saturated carbocycles. The van der Waals surface area contributed by atoms with E-state index in [-0.39, 0.29) is 18.0 Å². The predicted octanol–water partition coefficient (Wildman–Crippen LogP) is 3.46. The zero-order valence-electron chi connectivity index (χ0n) is 18.4. The van der Waals surface area contributed by atoms with Crippen molar-refractivity contribution in [1.82, 2.24) is 14.1 Å². The third-order valence-corrected chi connectivity index (χ3v) is 5.48. The summed E-state index contributed by atoms with van der Waals surface area (Å²) in [5.74, 6) is 0.710. The Labute approximate surface area is 185 Å². The lowest BCUT2D eigenvalue weighted by atomic mass is 10.2. The Morgan fingerprint density at radius 2 is 1.75 bits per heavy atom. The number of methoxy groups -OCH3 is 2. The van der Waals surface area contributed by atoms with E-state index in [9.17, 15) is 9.59 Å². The Kier molecular flexibility index (Phi) is 5.68. The van der Waals surface area contributed by atoms with Crippen molar-refractivity contribution in [2.24, 2.45) is 0 Å². The molecular weight excluding hydrogens is 408 g/mol. The first-order chi connectivity index (χ1) is 15.4. The number of hydrogen-bond donors (Lipinski definition) is 1. The van der Waals surface area contributed by atoms with Crippen LogP contribution in [0.1, 0.15) is 11.3 Å². The molecule has 2 heterocycles. The molecule has 0 aliphatic heterocycles. The van der Waals surface area contributed by atoms with Gasteiger partial charge in [0, 0.05) is 23.1 Å². The van der Waals surface area contributed by atoms with Crippen molar-refractivity contribution in [3.05, 3.63) is 76.5 Å². The number of rotatable bonds is 6. The van der Waals surface area contributed by atoms with E-state index < -0.39 is 0 Å². The van der Waals surface area contributed by atoms with Crippen molar-refractivity contribution in [1.29, 1.82) is 0 Å². The van der Waals surface area contributed by atoms with Crippen LogP contribution >= 0.6 is 0 Å². The number of nitrogens with one attached hydrogen (secondary N) is 1. The molecule has 2 aromatic carbocycles. The first kappa shape index (κ1) is 21.2. The summed E-state index contributed by atoms with van der Waals surface area (Å²) in [6, 6.07) is 14.8. The minimum atomic E-state index is -0.350. The Morgan fingerprint density at radius 1 is 1.03 bits per heavy atom. The Balaban J connectivity index is 1.65. The van der Waals surface area contributed by atoms with Gasteiger partial charge in [-0.3, -0.25) is 18.7 Å². The minimum Gasteiger partial charge on any atom is -0.493 e. The molecule has 1 N–H and O–H groups in total. The zero-order valence-corrected chi connectivity index (χ0v) is 18.4. The largest absolute Gasteiger partial charge is 0.493 e. The highest BCUT2D eigenvalue weighted by atomic mass is 16.5. The third-order valence-electron chi connectivity index (χ3n) is 5.48. The average molecular weight is 432 g/mol. The SMILES string of the molecule is COc1ccc(NC(=O)Cn2cnc3c(c(C)c(C)n3-c3ccccc3)c2=O)cc1OC. The lowest BCUT2D eigenvalue weighted by Crippen LogP contribution is -2.28. The van der Waals surface area contributed by atoms with Crippen LogP contribution < -0.4 is 20.3 Å². The topological polar surface area (TPSA) is 87.4 Å². The van der Waals surface area contributed by atoms with E-state index in [0.717, 1.165) is 16.9 Å². The molecule has 0 aliphatic rings. The molecule has 2 aromatic heterocycles. The van der Waals surface area contributed by atoms with Gasteiger partial charge in [-0.1, -0.05) is 18.2 Å². The van der Waals surface area contributed by atoms with E-state index in [1.807, 2.05) is 48.7 Å². The molecule has 0 unspecified atom stereocenters. The van der Waals surface area contributed by atoms with Gasteiger partial charge in [0.25, 0.3) is 5.56 Å². The maximum Gasteiger partial charge on any atom is 0.263 e. The van der Waals surface area contributed by atoms with Crippen LogP contribution in [0.15, 0.2) is 59.7 Å². The van der Waals surface area contributed by atoms with Crippen LogP contribution in [-0.4, -0.2) is 34.2 Å². The maximum absolute atomic E-state index is 13.2. The van der Waals surface area contributed by atoms with E-state index in [1.54, 1.807) is 25.3 Å². The summed E-state index contributed by atoms with van der Waals surface area (Å²) in [4.78, 5) is 30.4. The van der Waals surface area contributed by atoms with Gasteiger partial charge in [0.05, 0.1) is 19.6 Å². The van der Waals surface area contributed by atoms with Crippen LogP contribution in [0, 0.1) is 13.8 Å². The quantitative estimate of drug-likeness (QED) is 0.504. The first-order valence-corrected chi connectivity index (χ1v) is 10.1. The highest BCUT2D eigenvalue weighted by Crippen LogP contribution is 2.29. The van der Waals surface area contributed by atoms with Crippen LogP contribution in [0.5, 0.6) is 11.5 Å². The number of fused-ring (bicyclic) bond motifs is 1. The number of benzene rings is 2. The van der Waals surface area contributed by atoms with Crippen molar-refractivity contribution < 1.29 is 14.3 Å². The number of hydrogen-bond acceptors (Lipinski definition) is 5. The second-order valence-electron chi connectivity index (χ2n) is 7.38. The molecule has 32 heavy (non-hydrogen) atoms. The first-order valence-electron chi connectivity index (χ1n) is 10.1. The summed E-state index contributed by atoms with van der Waals surface area (Å²) in [7, 11) is 3.07. The van der Waals surface area contributed by atoms with E-state index in [4.69, 9.17) is 9.47 Å². The Morgan fingerprint density at radius 3 is 2.44 bits per heavy atom. The molecule has 0 saturated heterocycles. The van der Waals surface area contributed by atoms with Crippen molar-refractivity contribution in [2.75, 3.05) is 19.5 Å². The summed E-state index contributed by atoms with van der Waals surface area (Å²) in [5, 5.41) is 3.29. The third kappa shape index (κ3) is 3.71. The van der Waals surface area contributed by atoms with Crippen molar-refractivity contribution >= 4 is 22.6 Å². The standard InChI is InChI=1S/C24H24N4O4/c1-15-16(2)28(18-8-6-5-7-9-18)23-22(15)24(30)27(14-25-23)13-21(29)26-17-10-11-19(31-3)20(12-17)32-4/h5-12,14H,13H2,1-4H3,(H,26,29). The van der Waals surface area contributed by atoms with E-state index in [1.165, 1.54) is 18.0 Å². The average Bonchev–Trinajstić information content (AvgIpc) is 3.06. The van der Waals surface area contributed by atoms with Gasteiger partial charge in [0.15, 0.2) is 17.1 Å². The number of para-hydroxylation sites is 1. The normalized spacial score (nSPS) is 10.9. The number of aromatic nitrogens is 3. The molecular formula is C24H24N4O4. The predicted molar refractivity (Wildman–Crippen MR) is 123 cm³/mol.